The van der Waals surface area contributed by atoms with Crippen LogP contribution in [0.15, 0.2) is 12.1 Å². The second kappa shape index (κ2) is 7.12. The molecule has 2 N–H and O–H groups in total. The van der Waals surface area contributed by atoms with Gasteiger partial charge >= 0.3 is 5.97 Å². The third-order valence-corrected chi connectivity index (χ3v) is 4.51. The van der Waals surface area contributed by atoms with Crippen molar-refractivity contribution in [2.24, 2.45) is 5.92 Å². The zero-order valence-electron chi connectivity index (χ0n) is 11.2. The number of carbonyl (C=O) groups excluding carboxylic acids is 1. The van der Waals surface area contributed by atoms with E-state index in [4.69, 9.17) is 21.4 Å². The van der Waals surface area contributed by atoms with Crippen LogP contribution in [0.5, 0.6) is 5.75 Å². The lowest BCUT2D eigenvalue weighted by Gasteiger charge is -2.19. The Labute approximate surface area is 135 Å². The predicted octanol–water partition coefficient (Wildman–Crippen LogP) is 2.79. The molecule has 110 valence electrons. The van der Waals surface area contributed by atoms with Gasteiger partial charge in [-0.2, -0.15) is 0 Å². The molecular formula is C13H15ClINO4. The standard InChI is InChI=1S/C13H15ClINO4/c1-6(13(18)19)7(2)16-12(17)8-4-9(14)10(15)5-11(8)20-3/h4-7H,1-3H3,(H,16,17)(H,18,19). The number of hydrogen-bond acceptors (Lipinski definition) is 3. The van der Waals surface area contributed by atoms with Crippen molar-refractivity contribution in [1.82, 2.24) is 5.32 Å². The van der Waals surface area contributed by atoms with Crippen LogP contribution in [0.4, 0.5) is 0 Å². The van der Waals surface area contributed by atoms with Crippen LogP contribution < -0.4 is 10.1 Å². The van der Waals surface area contributed by atoms with Crippen LogP contribution in [0.25, 0.3) is 0 Å². The number of rotatable bonds is 5. The van der Waals surface area contributed by atoms with Crippen LogP contribution in [0.3, 0.4) is 0 Å². The quantitative estimate of drug-likeness (QED) is 0.731. The number of ether oxygens (including phenoxy) is 1. The smallest absolute Gasteiger partial charge is 0.308 e. The Morgan fingerprint density at radius 2 is 2.00 bits per heavy atom. The molecule has 0 aromatic heterocycles. The Bertz CT molecular complexity index is 535. The molecule has 0 heterocycles. The van der Waals surface area contributed by atoms with Gasteiger partial charge < -0.3 is 15.2 Å². The van der Waals surface area contributed by atoms with Crippen molar-refractivity contribution in [2.75, 3.05) is 7.11 Å². The number of aliphatic carboxylic acids is 1. The van der Waals surface area contributed by atoms with Gasteiger partial charge in [-0.1, -0.05) is 11.6 Å². The van der Waals surface area contributed by atoms with E-state index in [9.17, 15) is 9.59 Å². The molecular weight excluding hydrogens is 397 g/mol. The summed E-state index contributed by atoms with van der Waals surface area (Å²) < 4.78 is 5.92. The van der Waals surface area contributed by atoms with E-state index in [0.29, 0.717) is 10.8 Å². The second-order valence-corrected chi connectivity index (χ2v) is 5.93. The van der Waals surface area contributed by atoms with E-state index in [-0.39, 0.29) is 5.56 Å². The summed E-state index contributed by atoms with van der Waals surface area (Å²) in [5, 5.41) is 12.0. The number of carbonyl (C=O) groups is 2. The maximum atomic E-state index is 12.2. The lowest BCUT2D eigenvalue weighted by atomic mass is 10.0. The fraction of sp³-hybridized carbons (Fsp3) is 0.385. The van der Waals surface area contributed by atoms with Crippen molar-refractivity contribution in [3.8, 4) is 5.75 Å². The summed E-state index contributed by atoms with van der Waals surface area (Å²) in [4.78, 5) is 23.1. The second-order valence-electron chi connectivity index (χ2n) is 4.36. The van der Waals surface area contributed by atoms with Crippen molar-refractivity contribution in [1.29, 1.82) is 0 Å². The summed E-state index contributed by atoms with van der Waals surface area (Å²) >= 11 is 8.04. The van der Waals surface area contributed by atoms with Crippen molar-refractivity contribution >= 4 is 46.1 Å². The zero-order chi connectivity index (χ0) is 15.4. The number of halogens is 2. The molecule has 0 fully saturated rings. The molecule has 0 aliphatic carbocycles. The van der Waals surface area contributed by atoms with Gasteiger partial charge in [0, 0.05) is 9.61 Å². The molecule has 20 heavy (non-hydrogen) atoms. The van der Waals surface area contributed by atoms with Gasteiger partial charge in [-0.3, -0.25) is 9.59 Å². The Morgan fingerprint density at radius 3 is 2.50 bits per heavy atom. The van der Waals surface area contributed by atoms with Crippen molar-refractivity contribution in [2.45, 2.75) is 19.9 Å². The van der Waals surface area contributed by atoms with Crippen LogP contribution in [-0.2, 0) is 4.79 Å². The molecule has 0 saturated heterocycles. The van der Waals surface area contributed by atoms with Gasteiger partial charge in [0.1, 0.15) is 5.75 Å². The van der Waals surface area contributed by atoms with Crippen LogP contribution in [0.1, 0.15) is 24.2 Å². The van der Waals surface area contributed by atoms with Gasteiger partial charge in [-0.25, -0.2) is 0 Å². The monoisotopic (exact) mass is 411 g/mol. The summed E-state index contributed by atoms with van der Waals surface area (Å²) in [7, 11) is 1.46. The molecule has 1 rings (SSSR count). The SMILES string of the molecule is COc1cc(I)c(Cl)cc1C(=O)NC(C)C(C)C(=O)O. The third-order valence-electron chi connectivity index (χ3n) is 2.99. The van der Waals surface area contributed by atoms with Crippen LogP contribution in [-0.4, -0.2) is 30.1 Å². The summed E-state index contributed by atoms with van der Waals surface area (Å²) in [5.74, 6) is -1.68. The largest absolute Gasteiger partial charge is 0.496 e. The summed E-state index contributed by atoms with van der Waals surface area (Å²) in [6.45, 7) is 3.17. The molecule has 0 saturated carbocycles. The molecule has 1 amide bonds. The molecule has 1 aromatic rings. The molecule has 7 heteroatoms. The Morgan fingerprint density at radius 1 is 1.40 bits per heavy atom. The summed E-state index contributed by atoms with van der Waals surface area (Å²) in [5.41, 5.74) is 0.280. The highest BCUT2D eigenvalue weighted by Crippen LogP contribution is 2.28. The van der Waals surface area contributed by atoms with E-state index in [2.05, 4.69) is 5.32 Å². The topological polar surface area (TPSA) is 75.6 Å². The molecule has 0 bridgehead atoms. The van der Waals surface area contributed by atoms with E-state index < -0.39 is 23.8 Å². The van der Waals surface area contributed by atoms with Gasteiger partial charge in [-0.15, -0.1) is 0 Å². The lowest BCUT2D eigenvalue weighted by molar-refractivity contribution is -0.141. The third kappa shape index (κ3) is 3.99. The first kappa shape index (κ1) is 17.0. The van der Waals surface area contributed by atoms with Gasteiger partial charge in [0.25, 0.3) is 5.91 Å². The Kier molecular flexibility index (Phi) is 6.07. The van der Waals surface area contributed by atoms with E-state index >= 15 is 0 Å². The van der Waals surface area contributed by atoms with Crippen LogP contribution >= 0.6 is 34.2 Å². The minimum atomic E-state index is -0.967. The average Bonchev–Trinajstić information content (AvgIpc) is 2.39. The van der Waals surface area contributed by atoms with E-state index in [1.54, 1.807) is 13.0 Å². The molecule has 0 aliphatic rings. The predicted molar refractivity (Wildman–Crippen MR) is 84.4 cm³/mol. The summed E-state index contributed by atoms with van der Waals surface area (Å²) in [6, 6.07) is 2.65. The lowest BCUT2D eigenvalue weighted by Crippen LogP contribution is -2.40. The number of amides is 1. The maximum Gasteiger partial charge on any atom is 0.308 e. The van der Waals surface area contributed by atoms with Crippen molar-refractivity contribution in [3.05, 3.63) is 26.3 Å². The Hall–Kier alpha value is -1.02. The summed E-state index contributed by atoms with van der Waals surface area (Å²) in [6.07, 6.45) is 0. The van der Waals surface area contributed by atoms with Gasteiger partial charge in [0.2, 0.25) is 0 Å². The average molecular weight is 412 g/mol. The molecule has 2 atom stereocenters. The first-order valence-electron chi connectivity index (χ1n) is 5.84. The first-order chi connectivity index (χ1) is 9.27. The van der Waals surface area contributed by atoms with E-state index in [1.165, 1.54) is 20.1 Å². The fourth-order valence-electron chi connectivity index (χ4n) is 1.50. The van der Waals surface area contributed by atoms with Gasteiger partial charge in [-0.05, 0) is 48.6 Å². The van der Waals surface area contributed by atoms with E-state index in [1.807, 2.05) is 22.6 Å². The highest BCUT2D eigenvalue weighted by Gasteiger charge is 2.23. The molecule has 5 nitrogen and oxygen atoms in total. The number of carboxylic acid groups (broad SMARTS) is 1. The Balaban J connectivity index is 2.98. The molecule has 2 unspecified atom stereocenters. The number of hydrogen-bond donors (Lipinski definition) is 2. The minimum Gasteiger partial charge on any atom is -0.496 e. The van der Waals surface area contributed by atoms with Crippen molar-refractivity contribution < 1.29 is 19.4 Å². The number of nitrogens with one attached hydrogen (secondary N) is 1. The number of carboxylic acids is 1. The van der Waals surface area contributed by atoms with Crippen LogP contribution in [0, 0.1) is 9.49 Å². The highest BCUT2D eigenvalue weighted by molar-refractivity contribution is 14.1. The number of methoxy groups -OCH3 is 1. The van der Waals surface area contributed by atoms with E-state index in [0.717, 1.165) is 3.57 Å². The number of benzene rings is 1. The minimum absolute atomic E-state index is 0.280. The van der Waals surface area contributed by atoms with Crippen molar-refractivity contribution in [3.63, 3.8) is 0 Å². The fourth-order valence-corrected chi connectivity index (χ4v) is 2.10. The molecule has 0 spiro atoms. The highest BCUT2D eigenvalue weighted by atomic mass is 127. The molecule has 0 radical (unpaired) electrons. The van der Waals surface area contributed by atoms with Crippen LogP contribution in [0.2, 0.25) is 5.02 Å². The molecule has 0 aliphatic heterocycles. The van der Waals surface area contributed by atoms with Gasteiger partial charge in [0.05, 0.1) is 23.6 Å². The molecule has 1 aromatic carbocycles. The first-order valence-corrected chi connectivity index (χ1v) is 7.30. The maximum absolute atomic E-state index is 12.2. The van der Waals surface area contributed by atoms with Gasteiger partial charge in [0.15, 0.2) is 0 Å². The zero-order valence-corrected chi connectivity index (χ0v) is 14.2. The normalized spacial score (nSPS) is 13.4.